The zero-order valence-electron chi connectivity index (χ0n) is 20.6. The molecule has 2 aliphatic carbocycles. The lowest BCUT2D eigenvalue weighted by Crippen LogP contribution is -2.52. The molecule has 7 heteroatoms. The van der Waals surface area contributed by atoms with Crippen LogP contribution in [-0.4, -0.2) is 52.7 Å². The fraction of sp³-hybridized carbons (Fsp3) is 0.464. The van der Waals surface area contributed by atoms with Crippen LogP contribution in [0.4, 0.5) is 4.79 Å². The minimum absolute atomic E-state index is 0.0329. The number of hydrogen-bond donors (Lipinski definition) is 2. The largest absolute Gasteiger partial charge is 0.481 e. The lowest BCUT2D eigenvalue weighted by atomic mass is 9.90. The number of aliphatic carboxylic acids is 1. The van der Waals surface area contributed by atoms with Crippen molar-refractivity contribution in [2.24, 2.45) is 5.92 Å². The number of rotatable bonds is 10. The van der Waals surface area contributed by atoms with Crippen LogP contribution in [0.3, 0.4) is 0 Å². The van der Waals surface area contributed by atoms with Crippen LogP contribution < -0.4 is 5.32 Å². The molecule has 1 fully saturated rings. The van der Waals surface area contributed by atoms with Crippen LogP contribution >= 0.6 is 0 Å². The Bertz CT molecular complexity index is 1060. The van der Waals surface area contributed by atoms with Crippen molar-refractivity contribution in [3.8, 4) is 11.1 Å². The van der Waals surface area contributed by atoms with E-state index in [2.05, 4.69) is 29.6 Å². The highest BCUT2D eigenvalue weighted by Crippen LogP contribution is 2.45. The fourth-order valence-electron chi connectivity index (χ4n) is 5.18. The SMILES string of the molecule is CC(C)N(CCC(=O)O)C(=O)CC(C)(NC(=O)OCC1c2ccccc2-c2ccccc21)C1CC1. The molecule has 0 spiro atoms. The maximum atomic E-state index is 13.1. The number of carbonyl (C=O) groups excluding carboxylic acids is 2. The highest BCUT2D eigenvalue weighted by atomic mass is 16.5. The summed E-state index contributed by atoms with van der Waals surface area (Å²) in [5.74, 6) is -0.936. The lowest BCUT2D eigenvalue weighted by Gasteiger charge is -2.34. The zero-order valence-corrected chi connectivity index (χ0v) is 20.6. The molecule has 0 aliphatic heterocycles. The summed E-state index contributed by atoms with van der Waals surface area (Å²) in [6.45, 7) is 5.99. The minimum Gasteiger partial charge on any atom is -0.481 e. The van der Waals surface area contributed by atoms with E-state index in [1.165, 1.54) is 11.1 Å². The Hall–Kier alpha value is -3.35. The second kappa shape index (κ2) is 10.1. The number of ether oxygens (including phenoxy) is 1. The molecule has 186 valence electrons. The van der Waals surface area contributed by atoms with Crippen molar-refractivity contribution in [2.45, 2.75) is 64.0 Å². The van der Waals surface area contributed by atoms with Gasteiger partial charge in [-0.3, -0.25) is 9.59 Å². The van der Waals surface area contributed by atoms with E-state index in [0.717, 1.165) is 24.0 Å². The smallest absolute Gasteiger partial charge is 0.407 e. The van der Waals surface area contributed by atoms with Gasteiger partial charge in [0.15, 0.2) is 0 Å². The van der Waals surface area contributed by atoms with Crippen molar-refractivity contribution in [1.29, 1.82) is 0 Å². The van der Waals surface area contributed by atoms with E-state index < -0.39 is 17.6 Å². The zero-order chi connectivity index (χ0) is 25.2. The molecule has 2 amide bonds. The van der Waals surface area contributed by atoms with Gasteiger partial charge in [-0.2, -0.15) is 0 Å². The highest BCUT2D eigenvalue weighted by Gasteiger charge is 2.45. The molecule has 1 saturated carbocycles. The van der Waals surface area contributed by atoms with Gasteiger partial charge in [-0.1, -0.05) is 48.5 Å². The van der Waals surface area contributed by atoms with Gasteiger partial charge in [0.1, 0.15) is 6.61 Å². The summed E-state index contributed by atoms with van der Waals surface area (Å²) in [7, 11) is 0. The number of nitrogens with zero attached hydrogens (tertiary/aromatic N) is 1. The van der Waals surface area contributed by atoms with Crippen molar-refractivity contribution in [2.75, 3.05) is 13.2 Å². The summed E-state index contributed by atoms with van der Waals surface area (Å²) >= 11 is 0. The van der Waals surface area contributed by atoms with Crippen molar-refractivity contribution >= 4 is 18.0 Å². The Labute approximate surface area is 206 Å². The molecule has 0 aromatic heterocycles. The van der Waals surface area contributed by atoms with Crippen LogP contribution in [0.15, 0.2) is 48.5 Å². The number of benzene rings is 2. The first-order chi connectivity index (χ1) is 16.7. The second-order valence-corrected chi connectivity index (χ2v) is 10.1. The summed E-state index contributed by atoms with van der Waals surface area (Å²) in [4.78, 5) is 38.6. The van der Waals surface area contributed by atoms with E-state index in [-0.39, 0.29) is 49.8 Å². The molecule has 2 aromatic rings. The molecule has 0 bridgehead atoms. The normalized spacial score (nSPS) is 16.2. The standard InChI is InChI=1S/C28H34N2O5/c1-18(2)30(15-14-26(32)33)25(31)16-28(3,19-12-13-19)29-27(34)35-17-24-22-10-6-4-8-20(22)21-9-5-7-11-23(21)24/h4-11,18-19,24H,12-17H2,1-3H3,(H,29,34)(H,32,33). The third kappa shape index (κ3) is 5.50. The second-order valence-electron chi connectivity index (χ2n) is 10.1. The van der Waals surface area contributed by atoms with E-state index in [4.69, 9.17) is 9.84 Å². The van der Waals surface area contributed by atoms with Gasteiger partial charge in [0.25, 0.3) is 0 Å². The quantitative estimate of drug-likeness (QED) is 0.512. The van der Waals surface area contributed by atoms with E-state index in [1.54, 1.807) is 4.90 Å². The fourth-order valence-corrected chi connectivity index (χ4v) is 5.18. The van der Waals surface area contributed by atoms with E-state index >= 15 is 0 Å². The summed E-state index contributed by atoms with van der Waals surface area (Å²) in [5, 5.41) is 12.0. The molecule has 7 nitrogen and oxygen atoms in total. The number of hydrogen-bond acceptors (Lipinski definition) is 4. The molecule has 0 radical (unpaired) electrons. The van der Waals surface area contributed by atoms with Crippen LogP contribution in [0.5, 0.6) is 0 Å². The molecule has 2 N–H and O–H groups in total. The predicted octanol–water partition coefficient (Wildman–Crippen LogP) is 4.80. The number of carboxylic acids is 1. The molecular weight excluding hydrogens is 444 g/mol. The topological polar surface area (TPSA) is 95.9 Å². The Morgan fingerprint density at radius 2 is 1.63 bits per heavy atom. The molecule has 4 rings (SSSR count). The Balaban J connectivity index is 1.41. The van der Waals surface area contributed by atoms with Gasteiger partial charge < -0.3 is 20.1 Å². The lowest BCUT2D eigenvalue weighted by molar-refractivity contribution is -0.139. The van der Waals surface area contributed by atoms with E-state index in [1.807, 2.05) is 45.0 Å². The van der Waals surface area contributed by atoms with Gasteiger partial charge in [-0.15, -0.1) is 0 Å². The molecule has 0 heterocycles. The van der Waals surface area contributed by atoms with Crippen molar-refractivity contribution in [1.82, 2.24) is 10.2 Å². The first kappa shape index (κ1) is 24.8. The van der Waals surface area contributed by atoms with Crippen LogP contribution in [0.1, 0.15) is 63.5 Å². The molecule has 0 saturated heterocycles. The number of fused-ring (bicyclic) bond motifs is 3. The number of carboxylic acid groups (broad SMARTS) is 1. The summed E-state index contributed by atoms with van der Waals surface area (Å²) in [6.07, 6.45) is 1.34. The Morgan fingerprint density at radius 1 is 1.06 bits per heavy atom. The van der Waals surface area contributed by atoms with Crippen molar-refractivity contribution < 1.29 is 24.2 Å². The molecule has 1 unspecified atom stereocenters. The minimum atomic E-state index is -0.940. The van der Waals surface area contributed by atoms with Gasteiger partial charge in [-0.25, -0.2) is 4.79 Å². The van der Waals surface area contributed by atoms with Crippen LogP contribution in [0, 0.1) is 5.92 Å². The first-order valence-corrected chi connectivity index (χ1v) is 12.3. The molecule has 2 aromatic carbocycles. The number of nitrogens with one attached hydrogen (secondary N) is 1. The summed E-state index contributed by atoms with van der Waals surface area (Å²) in [6, 6.07) is 16.2. The number of carbonyl (C=O) groups is 3. The molecule has 1 atom stereocenters. The summed E-state index contributed by atoms with van der Waals surface area (Å²) in [5.41, 5.74) is 3.89. The number of amides is 2. The van der Waals surface area contributed by atoms with E-state index in [0.29, 0.717) is 0 Å². The summed E-state index contributed by atoms with van der Waals surface area (Å²) < 4.78 is 5.73. The monoisotopic (exact) mass is 478 g/mol. The van der Waals surface area contributed by atoms with Crippen LogP contribution in [0.25, 0.3) is 11.1 Å². The average molecular weight is 479 g/mol. The van der Waals surface area contributed by atoms with Crippen molar-refractivity contribution in [3.05, 3.63) is 59.7 Å². The third-order valence-electron chi connectivity index (χ3n) is 7.24. The highest BCUT2D eigenvalue weighted by molar-refractivity contribution is 5.81. The number of alkyl carbamates (subject to hydrolysis) is 1. The van der Waals surface area contributed by atoms with Crippen LogP contribution in [0.2, 0.25) is 0 Å². The maximum Gasteiger partial charge on any atom is 0.407 e. The average Bonchev–Trinajstić information content (AvgIpc) is 3.61. The van der Waals surface area contributed by atoms with Gasteiger partial charge in [-0.05, 0) is 61.8 Å². The van der Waals surface area contributed by atoms with Gasteiger partial charge in [0, 0.05) is 18.5 Å². The first-order valence-electron chi connectivity index (χ1n) is 12.3. The van der Waals surface area contributed by atoms with Gasteiger partial charge >= 0.3 is 12.1 Å². The predicted molar refractivity (Wildman–Crippen MR) is 133 cm³/mol. The third-order valence-corrected chi connectivity index (χ3v) is 7.24. The van der Waals surface area contributed by atoms with E-state index in [9.17, 15) is 14.4 Å². The van der Waals surface area contributed by atoms with Gasteiger partial charge in [0.05, 0.1) is 18.4 Å². The molecular formula is C28H34N2O5. The molecule has 35 heavy (non-hydrogen) atoms. The Kier molecular flexibility index (Phi) is 7.15. The molecule has 2 aliphatic rings. The maximum absolute atomic E-state index is 13.1. The van der Waals surface area contributed by atoms with Crippen LogP contribution in [-0.2, 0) is 14.3 Å². The van der Waals surface area contributed by atoms with Crippen molar-refractivity contribution in [3.63, 3.8) is 0 Å². The Morgan fingerprint density at radius 3 is 2.14 bits per heavy atom. The van der Waals surface area contributed by atoms with Gasteiger partial charge in [0.2, 0.25) is 5.91 Å².